The van der Waals surface area contributed by atoms with Crippen LogP contribution in [0, 0.1) is 13.8 Å². The van der Waals surface area contributed by atoms with Gasteiger partial charge in [0.05, 0.1) is 55.6 Å². The minimum atomic E-state index is -5.29. The molecule has 10 aromatic rings. The van der Waals surface area contributed by atoms with Gasteiger partial charge < -0.3 is 14.5 Å². The summed E-state index contributed by atoms with van der Waals surface area (Å²) in [6, 6.07) is 21.3. The molecule has 4 nitrogen and oxygen atoms in total. The molecule has 7 aromatic carbocycles. The van der Waals surface area contributed by atoms with Crippen LogP contribution in [-0.2, 0) is 43.6 Å². The number of halogens is 18. The van der Waals surface area contributed by atoms with Crippen molar-refractivity contribution in [3.8, 4) is 55.9 Å². The molecular weight excluding hydrogens is 1120 g/mol. The average Bonchev–Trinajstić information content (AvgIpc) is 2.09. The Balaban J connectivity index is 1.02. The van der Waals surface area contributed by atoms with Crippen LogP contribution in [0.15, 0.2) is 146 Å². The Morgan fingerprint density at radius 1 is 0.390 bits per heavy atom. The van der Waals surface area contributed by atoms with Crippen LogP contribution in [0.25, 0.3) is 94.7 Å². The Bertz CT molecular complexity index is 4170. The number of nitrogens with zero attached hydrogens (tertiary/aromatic N) is 3. The molecule has 11 rings (SSSR count). The highest BCUT2D eigenvalue weighted by Gasteiger charge is 2.44. The molecule has 22 heteroatoms. The van der Waals surface area contributed by atoms with Crippen molar-refractivity contribution in [1.82, 2.24) is 19.4 Å². The molecule has 0 aliphatic carbocycles. The minimum absolute atomic E-state index is 0.0434. The second-order valence-corrected chi connectivity index (χ2v) is 19.6. The summed E-state index contributed by atoms with van der Waals surface area (Å²) >= 11 is 0. The van der Waals surface area contributed by atoms with Gasteiger partial charge in [-0.05, 0) is 162 Å². The van der Waals surface area contributed by atoms with Crippen LogP contribution in [0.2, 0.25) is 0 Å². The molecule has 0 saturated heterocycles. The largest absolute Gasteiger partial charge is 0.417 e. The first-order valence-electron chi connectivity index (χ1n) is 24.4. The van der Waals surface area contributed by atoms with E-state index in [1.807, 2.05) is 0 Å². The highest BCUT2D eigenvalue weighted by atomic mass is 19.4. The lowest BCUT2D eigenvalue weighted by Crippen LogP contribution is -2.15. The molecule has 1 aliphatic rings. The molecule has 0 radical (unpaired) electrons. The van der Waals surface area contributed by atoms with Gasteiger partial charge >= 0.3 is 37.1 Å². The van der Waals surface area contributed by atoms with Crippen LogP contribution in [0.3, 0.4) is 0 Å². The van der Waals surface area contributed by atoms with E-state index in [9.17, 15) is 52.7 Å². The van der Waals surface area contributed by atoms with Gasteiger partial charge in [0.25, 0.3) is 0 Å². The van der Waals surface area contributed by atoms with Crippen molar-refractivity contribution in [1.29, 1.82) is 0 Å². The molecule has 82 heavy (non-hydrogen) atoms. The van der Waals surface area contributed by atoms with Gasteiger partial charge in [-0.25, -0.2) is 0 Å². The molecule has 0 saturated carbocycles. The average molecular weight is 1150 g/mol. The molecule has 4 heterocycles. The fourth-order valence-corrected chi connectivity index (χ4v) is 11.0. The number of fused-ring (bicyclic) bond motifs is 6. The quantitative estimate of drug-likeness (QED) is 0.168. The zero-order valence-electron chi connectivity index (χ0n) is 41.8. The maximum Gasteiger partial charge on any atom is 0.417 e. The molecule has 0 amide bonds. The maximum absolute atomic E-state index is 15.4. The molecule has 0 atom stereocenters. The van der Waals surface area contributed by atoms with E-state index in [-0.39, 0.29) is 67.4 Å². The van der Waals surface area contributed by atoms with Gasteiger partial charge in [0.2, 0.25) is 0 Å². The molecule has 0 bridgehead atoms. The lowest BCUT2D eigenvalue weighted by Gasteiger charge is -2.21. The SMILES string of the molecule is Cc1cc(C(F)(F)F)c(-c2ccc(-n3c4c(c5cc(-c6cc(C(F)(F)F)c(-c7ccc8c(c7)c7cnccc7n8-c7ccc(-c8c(C(F)(F)F)cc(C)cc8C(F)(F)F)cc7)cc6C(F)(F)F)ccc53)CNC=C4)cc2)c(C(F)(F)F)c1. The molecule has 0 spiro atoms. The van der Waals surface area contributed by atoms with Crippen LogP contribution in [0.1, 0.15) is 55.8 Å². The van der Waals surface area contributed by atoms with Gasteiger partial charge in [-0.3, -0.25) is 4.98 Å². The van der Waals surface area contributed by atoms with Crippen molar-refractivity contribution in [2.24, 2.45) is 0 Å². The number of benzene rings is 7. The molecule has 0 fully saturated rings. The third-order valence-electron chi connectivity index (χ3n) is 14.3. The van der Waals surface area contributed by atoms with Crippen molar-refractivity contribution in [3.63, 3.8) is 0 Å². The predicted molar refractivity (Wildman–Crippen MR) is 273 cm³/mol. The highest BCUT2D eigenvalue weighted by molar-refractivity contribution is 6.10. The molecule has 0 unspecified atom stereocenters. The number of nitrogens with one attached hydrogen (secondary N) is 1. The van der Waals surface area contributed by atoms with E-state index in [0.717, 1.165) is 50.2 Å². The third kappa shape index (κ3) is 9.63. The monoisotopic (exact) mass is 1150 g/mol. The molecule has 420 valence electrons. The standard InChI is InChI=1S/C60H34F18N4/c1-29-19-45(57(67,68)69)53(46(20-29)58(70,71)72)31-3-9-35(10-4-31)81-49-13-7-33(23-39(49)41-27-79-17-15-51(41)81)37-25-44(56(64,65)66)38(26-43(37)55(61,62)63)34-8-14-50-40(24-34)42-28-80-18-16-52(42)82(50)36-11-5-32(6-12-36)54-47(59(73,74)75)21-30(2)22-48(54)60(76,77)78/h3-27,80H,28H2,1-2H3. The number of rotatable bonds is 6. The van der Waals surface area contributed by atoms with Crippen LogP contribution in [0.5, 0.6) is 0 Å². The topological polar surface area (TPSA) is 34.8 Å². The van der Waals surface area contributed by atoms with E-state index < -0.39 is 104 Å². The Morgan fingerprint density at radius 3 is 1.20 bits per heavy atom. The Labute approximate surface area is 451 Å². The lowest BCUT2D eigenvalue weighted by molar-refractivity contribution is -0.143. The van der Waals surface area contributed by atoms with Gasteiger partial charge in [-0.15, -0.1) is 0 Å². The number of aryl methyl sites for hydroxylation is 2. The van der Waals surface area contributed by atoms with Gasteiger partial charge in [0.1, 0.15) is 0 Å². The Morgan fingerprint density at radius 2 is 0.768 bits per heavy atom. The van der Waals surface area contributed by atoms with Crippen molar-refractivity contribution in [2.75, 3.05) is 0 Å². The van der Waals surface area contributed by atoms with Gasteiger partial charge in [-0.1, -0.05) is 36.4 Å². The summed E-state index contributed by atoms with van der Waals surface area (Å²) in [5, 5.41) is 3.65. The van der Waals surface area contributed by atoms with Crippen molar-refractivity contribution in [2.45, 2.75) is 57.5 Å². The second kappa shape index (κ2) is 18.9. The normalized spacial score (nSPS) is 13.6. The number of pyridine rings is 1. The summed E-state index contributed by atoms with van der Waals surface area (Å²) in [7, 11) is 0. The summed E-state index contributed by atoms with van der Waals surface area (Å²) in [6.07, 6.45) is -25.6. The Hall–Kier alpha value is -8.69. The number of alkyl halides is 18. The van der Waals surface area contributed by atoms with E-state index in [1.165, 1.54) is 77.8 Å². The summed E-state index contributed by atoms with van der Waals surface area (Å²) < 4.78 is 267. The minimum Gasteiger partial charge on any atom is -0.387 e. The van der Waals surface area contributed by atoms with Gasteiger partial charge in [0, 0.05) is 63.2 Å². The summed E-state index contributed by atoms with van der Waals surface area (Å²) in [5.41, 5.74) is -13.0. The lowest BCUT2D eigenvalue weighted by atomic mass is 9.89. The summed E-state index contributed by atoms with van der Waals surface area (Å²) in [6.45, 7) is 2.23. The second-order valence-electron chi connectivity index (χ2n) is 19.6. The smallest absolute Gasteiger partial charge is 0.387 e. The molecule has 1 N–H and O–H groups in total. The zero-order chi connectivity index (χ0) is 59.0. The first-order chi connectivity index (χ1) is 38.3. The van der Waals surface area contributed by atoms with E-state index in [0.29, 0.717) is 53.2 Å². The van der Waals surface area contributed by atoms with Crippen LogP contribution in [-0.4, -0.2) is 14.1 Å². The highest BCUT2D eigenvalue weighted by Crippen LogP contribution is 2.51. The zero-order valence-corrected chi connectivity index (χ0v) is 41.8. The Kier molecular flexibility index (Phi) is 12.8. The van der Waals surface area contributed by atoms with Crippen LogP contribution < -0.4 is 5.32 Å². The molecular formula is C60H34F18N4. The van der Waals surface area contributed by atoms with E-state index >= 15 is 26.3 Å². The van der Waals surface area contributed by atoms with E-state index in [2.05, 4.69) is 10.3 Å². The van der Waals surface area contributed by atoms with Crippen molar-refractivity contribution < 1.29 is 79.0 Å². The van der Waals surface area contributed by atoms with Crippen LogP contribution in [0.4, 0.5) is 79.0 Å². The third-order valence-corrected chi connectivity index (χ3v) is 14.3. The fraction of sp³-hybridized carbons (Fsp3) is 0.150. The van der Waals surface area contributed by atoms with Crippen molar-refractivity contribution in [3.05, 3.63) is 202 Å². The fourth-order valence-electron chi connectivity index (χ4n) is 11.0. The van der Waals surface area contributed by atoms with Crippen molar-refractivity contribution >= 4 is 38.8 Å². The van der Waals surface area contributed by atoms with Gasteiger partial charge in [0.15, 0.2) is 0 Å². The molecule has 1 aliphatic heterocycles. The number of aromatic nitrogens is 3. The number of hydrogen-bond donors (Lipinski definition) is 1. The first kappa shape index (κ1) is 55.2. The maximum atomic E-state index is 15.4. The van der Waals surface area contributed by atoms with Crippen LogP contribution >= 0.6 is 0 Å². The van der Waals surface area contributed by atoms with E-state index in [1.54, 1.807) is 10.6 Å². The summed E-state index contributed by atoms with van der Waals surface area (Å²) in [5.74, 6) is 0. The predicted octanol–water partition coefficient (Wildman–Crippen LogP) is 19.6. The molecule has 3 aromatic heterocycles. The van der Waals surface area contributed by atoms with E-state index in [4.69, 9.17) is 0 Å². The first-order valence-corrected chi connectivity index (χ1v) is 24.4. The number of hydrogen-bond acceptors (Lipinski definition) is 2. The van der Waals surface area contributed by atoms with Gasteiger partial charge in [-0.2, -0.15) is 79.0 Å². The summed E-state index contributed by atoms with van der Waals surface area (Å²) in [4.78, 5) is 4.12.